The molecule has 0 saturated heterocycles. The Hall–Kier alpha value is -1.59. The van der Waals surface area contributed by atoms with E-state index in [9.17, 15) is 4.79 Å². The molecular weight excluding hydrogens is 158 g/mol. The van der Waals surface area contributed by atoms with Crippen LogP contribution in [0.15, 0.2) is 0 Å². The number of aromatic amines is 1. The van der Waals surface area contributed by atoms with Crippen molar-refractivity contribution in [2.75, 3.05) is 11.9 Å². The molecule has 1 aromatic rings. The van der Waals surface area contributed by atoms with E-state index in [-0.39, 0.29) is 6.03 Å². The second-order valence-corrected chi connectivity index (χ2v) is 2.23. The number of carbonyl (C=O) groups is 1. The third-order valence-electron chi connectivity index (χ3n) is 1.16. The molecule has 2 amide bonds. The summed E-state index contributed by atoms with van der Waals surface area (Å²) < 4.78 is 0. The Kier molecular flexibility index (Phi) is 2.62. The van der Waals surface area contributed by atoms with Gasteiger partial charge in [0, 0.05) is 6.54 Å². The first-order chi connectivity index (χ1) is 5.72. The van der Waals surface area contributed by atoms with Crippen molar-refractivity contribution in [1.29, 1.82) is 0 Å². The lowest BCUT2D eigenvalue weighted by atomic mass is 10.7. The first-order valence-electron chi connectivity index (χ1n) is 3.66. The summed E-state index contributed by atoms with van der Waals surface area (Å²) in [6.45, 7) is 4.17. The minimum Gasteiger partial charge on any atom is -0.338 e. The van der Waals surface area contributed by atoms with E-state index < -0.39 is 0 Å². The normalized spacial score (nSPS) is 9.50. The lowest BCUT2D eigenvalue weighted by Gasteiger charge is -1.99. The predicted molar refractivity (Wildman–Crippen MR) is 43.8 cm³/mol. The molecule has 0 aliphatic carbocycles. The number of nitrogens with one attached hydrogen (secondary N) is 3. The summed E-state index contributed by atoms with van der Waals surface area (Å²) in [6.07, 6.45) is 0. The van der Waals surface area contributed by atoms with Crippen LogP contribution in [0.25, 0.3) is 0 Å². The molecule has 1 rings (SSSR count). The molecule has 0 fully saturated rings. The van der Waals surface area contributed by atoms with Gasteiger partial charge in [-0.25, -0.2) is 4.79 Å². The van der Waals surface area contributed by atoms with Crippen LogP contribution in [-0.4, -0.2) is 27.8 Å². The van der Waals surface area contributed by atoms with E-state index in [4.69, 9.17) is 0 Å². The number of H-pyrrole nitrogens is 1. The Morgan fingerprint density at radius 3 is 2.92 bits per heavy atom. The number of nitrogens with zero attached hydrogens (tertiary/aromatic N) is 2. The summed E-state index contributed by atoms with van der Waals surface area (Å²) in [5.74, 6) is 0.959. The number of rotatable bonds is 2. The van der Waals surface area contributed by atoms with Crippen molar-refractivity contribution in [2.45, 2.75) is 13.8 Å². The van der Waals surface area contributed by atoms with Crippen LogP contribution < -0.4 is 10.6 Å². The zero-order valence-corrected chi connectivity index (χ0v) is 7.01. The highest BCUT2D eigenvalue weighted by Crippen LogP contribution is 1.95. The van der Waals surface area contributed by atoms with Crippen LogP contribution in [0.2, 0.25) is 0 Å². The van der Waals surface area contributed by atoms with Gasteiger partial charge >= 0.3 is 6.03 Å². The second kappa shape index (κ2) is 3.70. The molecule has 3 N–H and O–H groups in total. The van der Waals surface area contributed by atoms with E-state index in [2.05, 4.69) is 25.8 Å². The Bertz CT molecular complexity index is 269. The largest absolute Gasteiger partial charge is 0.338 e. The number of anilines is 1. The monoisotopic (exact) mass is 169 g/mol. The summed E-state index contributed by atoms with van der Waals surface area (Å²) in [7, 11) is 0. The minimum absolute atomic E-state index is 0.290. The topological polar surface area (TPSA) is 82.7 Å². The van der Waals surface area contributed by atoms with Crippen LogP contribution in [0.1, 0.15) is 12.7 Å². The molecule has 0 spiro atoms. The molecule has 0 atom stereocenters. The molecule has 1 heterocycles. The van der Waals surface area contributed by atoms with Gasteiger partial charge in [-0.2, -0.15) is 4.98 Å². The first-order valence-corrected chi connectivity index (χ1v) is 3.66. The highest BCUT2D eigenvalue weighted by molar-refractivity contribution is 5.87. The van der Waals surface area contributed by atoms with Gasteiger partial charge in [0.2, 0.25) is 5.95 Å². The van der Waals surface area contributed by atoms with E-state index in [0.29, 0.717) is 18.3 Å². The number of hydrogen-bond donors (Lipinski definition) is 3. The number of aryl methyl sites for hydroxylation is 1. The van der Waals surface area contributed by atoms with Gasteiger partial charge in [-0.3, -0.25) is 10.4 Å². The second-order valence-electron chi connectivity index (χ2n) is 2.23. The smallest absolute Gasteiger partial charge is 0.321 e. The molecule has 0 aromatic carbocycles. The summed E-state index contributed by atoms with van der Waals surface area (Å²) >= 11 is 0. The number of aromatic nitrogens is 3. The summed E-state index contributed by atoms with van der Waals surface area (Å²) in [5, 5.41) is 11.4. The molecule has 0 saturated carbocycles. The molecule has 0 radical (unpaired) electrons. The van der Waals surface area contributed by atoms with Gasteiger partial charge in [0.25, 0.3) is 0 Å². The molecular formula is C6H11N5O. The Morgan fingerprint density at radius 1 is 1.67 bits per heavy atom. The summed E-state index contributed by atoms with van der Waals surface area (Å²) in [4.78, 5) is 14.8. The fraction of sp³-hybridized carbons (Fsp3) is 0.500. The van der Waals surface area contributed by atoms with Gasteiger partial charge in [0.15, 0.2) is 0 Å². The maximum Gasteiger partial charge on any atom is 0.321 e. The number of urea groups is 1. The molecule has 0 unspecified atom stereocenters. The lowest BCUT2D eigenvalue weighted by Crippen LogP contribution is -2.28. The van der Waals surface area contributed by atoms with E-state index in [1.54, 1.807) is 6.92 Å². The van der Waals surface area contributed by atoms with E-state index >= 15 is 0 Å². The van der Waals surface area contributed by atoms with Crippen LogP contribution in [-0.2, 0) is 0 Å². The van der Waals surface area contributed by atoms with Gasteiger partial charge in [-0.05, 0) is 13.8 Å². The first kappa shape index (κ1) is 8.51. The summed E-state index contributed by atoms with van der Waals surface area (Å²) in [5.41, 5.74) is 0. The van der Waals surface area contributed by atoms with Crippen LogP contribution in [0.3, 0.4) is 0 Å². The van der Waals surface area contributed by atoms with Crippen LogP contribution in [0, 0.1) is 6.92 Å². The Morgan fingerprint density at radius 2 is 2.42 bits per heavy atom. The molecule has 0 aliphatic heterocycles. The number of hydrogen-bond acceptors (Lipinski definition) is 3. The van der Waals surface area contributed by atoms with Crippen LogP contribution >= 0.6 is 0 Å². The fourth-order valence-electron chi connectivity index (χ4n) is 0.705. The Balaban J connectivity index is 2.46. The third-order valence-corrected chi connectivity index (χ3v) is 1.16. The quantitative estimate of drug-likeness (QED) is 0.593. The zero-order valence-electron chi connectivity index (χ0n) is 7.01. The van der Waals surface area contributed by atoms with Gasteiger partial charge in [-0.1, -0.05) is 0 Å². The molecule has 0 bridgehead atoms. The third kappa shape index (κ3) is 2.22. The number of carbonyl (C=O) groups excluding carboxylic acids is 1. The maximum atomic E-state index is 10.9. The van der Waals surface area contributed by atoms with Gasteiger partial charge in [-0.15, -0.1) is 5.10 Å². The van der Waals surface area contributed by atoms with E-state index in [0.717, 1.165) is 0 Å². The van der Waals surface area contributed by atoms with Crippen molar-refractivity contribution in [3.8, 4) is 0 Å². The van der Waals surface area contributed by atoms with Crippen LogP contribution in [0.5, 0.6) is 0 Å². The molecule has 1 aromatic heterocycles. The minimum atomic E-state index is -0.295. The summed E-state index contributed by atoms with van der Waals surface area (Å²) in [6, 6.07) is -0.295. The van der Waals surface area contributed by atoms with Crippen molar-refractivity contribution in [3.05, 3.63) is 5.82 Å². The number of amides is 2. The van der Waals surface area contributed by atoms with Crippen molar-refractivity contribution >= 4 is 12.0 Å². The highest BCUT2D eigenvalue weighted by Gasteiger charge is 2.02. The Labute approximate surface area is 69.8 Å². The molecule has 6 heteroatoms. The van der Waals surface area contributed by atoms with Crippen molar-refractivity contribution in [3.63, 3.8) is 0 Å². The van der Waals surface area contributed by atoms with Crippen LogP contribution in [0.4, 0.5) is 10.7 Å². The van der Waals surface area contributed by atoms with Crippen molar-refractivity contribution < 1.29 is 4.79 Å². The molecule has 66 valence electrons. The van der Waals surface area contributed by atoms with Crippen molar-refractivity contribution in [2.24, 2.45) is 0 Å². The average molecular weight is 169 g/mol. The molecule has 0 aliphatic rings. The van der Waals surface area contributed by atoms with Gasteiger partial charge in [0.1, 0.15) is 5.82 Å². The predicted octanol–water partition coefficient (Wildman–Crippen LogP) is 0.255. The molecule has 12 heavy (non-hydrogen) atoms. The standard InChI is InChI=1S/C6H11N5O/c1-3-7-6(12)9-5-8-4(2)10-11-5/h3H2,1-2H3,(H3,7,8,9,10,11,12). The lowest BCUT2D eigenvalue weighted by molar-refractivity contribution is 0.252. The zero-order chi connectivity index (χ0) is 8.97. The van der Waals surface area contributed by atoms with Gasteiger partial charge < -0.3 is 5.32 Å². The average Bonchev–Trinajstić information content (AvgIpc) is 2.36. The van der Waals surface area contributed by atoms with Gasteiger partial charge in [0.05, 0.1) is 0 Å². The maximum absolute atomic E-state index is 10.9. The SMILES string of the molecule is CCNC(=O)Nc1n[nH]c(C)n1. The molecule has 6 nitrogen and oxygen atoms in total. The van der Waals surface area contributed by atoms with E-state index in [1.165, 1.54) is 0 Å². The fourth-order valence-corrected chi connectivity index (χ4v) is 0.705. The van der Waals surface area contributed by atoms with Crippen molar-refractivity contribution in [1.82, 2.24) is 20.5 Å². The van der Waals surface area contributed by atoms with E-state index in [1.807, 2.05) is 6.92 Å². The highest BCUT2D eigenvalue weighted by atomic mass is 16.2.